The monoisotopic (exact) mass is 365 g/mol. The fourth-order valence-electron chi connectivity index (χ4n) is 3.51. The van der Waals surface area contributed by atoms with E-state index in [0.29, 0.717) is 11.2 Å². The van der Waals surface area contributed by atoms with Gasteiger partial charge in [-0.3, -0.25) is 14.0 Å². The zero-order valence-corrected chi connectivity index (χ0v) is 14.5. The molecule has 27 heavy (non-hydrogen) atoms. The lowest BCUT2D eigenvalue weighted by molar-refractivity contribution is -0.118. The number of pyridine rings is 1. The van der Waals surface area contributed by atoms with E-state index in [1.807, 2.05) is 6.07 Å². The standard InChI is InChI=1S/C20H19N3O4/c24-16-13-22(11-9-20(16,27)14-6-2-1-3-7-14)18(25)15-12-21-17-8-4-5-10-23(17)19(15)26/h1-8,10,12,16,24,27H,9,11,13H2/t16-,20-/m0/s1. The lowest BCUT2D eigenvalue weighted by Gasteiger charge is -2.42. The molecule has 7 heteroatoms. The summed E-state index contributed by atoms with van der Waals surface area (Å²) in [5, 5.41) is 21.5. The number of hydrogen-bond donors (Lipinski definition) is 2. The molecule has 1 saturated heterocycles. The number of piperidine rings is 1. The zero-order chi connectivity index (χ0) is 19.0. The van der Waals surface area contributed by atoms with Crippen LogP contribution >= 0.6 is 0 Å². The fraction of sp³-hybridized carbons (Fsp3) is 0.250. The molecule has 1 aliphatic rings. The van der Waals surface area contributed by atoms with E-state index < -0.39 is 23.2 Å². The minimum atomic E-state index is -1.42. The van der Waals surface area contributed by atoms with Crippen LogP contribution < -0.4 is 5.56 Å². The highest BCUT2D eigenvalue weighted by atomic mass is 16.3. The van der Waals surface area contributed by atoms with Crippen LogP contribution in [0.3, 0.4) is 0 Å². The summed E-state index contributed by atoms with van der Waals surface area (Å²) in [6, 6.07) is 14.0. The summed E-state index contributed by atoms with van der Waals surface area (Å²) < 4.78 is 1.31. The third kappa shape index (κ3) is 2.90. The van der Waals surface area contributed by atoms with Crippen LogP contribution in [-0.2, 0) is 5.60 Å². The summed E-state index contributed by atoms with van der Waals surface area (Å²) in [6.07, 6.45) is 1.84. The van der Waals surface area contributed by atoms with Gasteiger partial charge in [-0.2, -0.15) is 0 Å². The highest BCUT2D eigenvalue weighted by molar-refractivity contribution is 5.93. The van der Waals surface area contributed by atoms with E-state index in [-0.39, 0.29) is 25.1 Å². The Bertz CT molecular complexity index is 1050. The Kier molecular flexibility index (Phi) is 4.25. The van der Waals surface area contributed by atoms with Crippen molar-refractivity contribution in [2.45, 2.75) is 18.1 Å². The van der Waals surface area contributed by atoms with Gasteiger partial charge in [0.05, 0.1) is 6.54 Å². The molecule has 0 saturated carbocycles. The maximum Gasteiger partial charge on any atom is 0.270 e. The lowest BCUT2D eigenvalue weighted by Crippen LogP contribution is -2.55. The number of amides is 1. The van der Waals surface area contributed by atoms with Gasteiger partial charge in [-0.1, -0.05) is 36.4 Å². The number of aromatic nitrogens is 2. The first-order valence-corrected chi connectivity index (χ1v) is 8.72. The number of rotatable bonds is 2. The average molecular weight is 365 g/mol. The molecule has 0 aliphatic carbocycles. The Morgan fingerprint density at radius 1 is 1.15 bits per heavy atom. The highest BCUT2D eigenvalue weighted by Crippen LogP contribution is 2.33. The van der Waals surface area contributed by atoms with Crippen LogP contribution in [0.4, 0.5) is 0 Å². The molecule has 0 spiro atoms. The molecule has 0 radical (unpaired) electrons. The van der Waals surface area contributed by atoms with Gasteiger partial charge in [0.15, 0.2) is 0 Å². The van der Waals surface area contributed by atoms with Crippen molar-refractivity contribution in [1.29, 1.82) is 0 Å². The number of fused-ring (bicyclic) bond motifs is 1. The highest BCUT2D eigenvalue weighted by Gasteiger charge is 2.43. The molecule has 4 rings (SSSR count). The number of likely N-dealkylation sites (tertiary alicyclic amines) is 1. The Hall–Kier alpha value is -3.03. The molecule has 0 bridgehead atoms. The summed E-state index contributed by atoms with van der Waals surface area (Å²) in [6.45, 7) is 0.152. The van der Waals surface area contributed by atoms with Crippen molar-refractivity contribution < 1.29 is 15.0 Å². The number of carbonyl (C=O) groups is 1. The van der Waals surface area contributed by atoms with E-state index in [1.165, 1.54) is 15.5 Å². The van der Waals surface area contributed by atoms with Gasteiger partial charge in [-0.05, 0) is 17.7 Å². The van der Waals surface area contributed by atoms with Crippen LogP contribution in [-0.4, -0.2) is 49.6 Å². The van der Waals surface area contributed by atoms with E-state index in [4.69, 9.17) is 0 Å². The van der Waals surface area contributed by atoms with E-state index in [0.717, 1.165) is 0 Å². The third-order valence-electron chi connectivity index (χ3n) is 5.11. The largest absolute Gasteiger partial charge is 0.388 e. The van der Waals surface area contributed by atoms with Crippen molar-refractivity contribution in [3.63, 3.8) is 0 Å². The van der Waals surface area contributed by atoms with Crippen molar-refractivity contribution in [2.24, 2.45) is 0 Å². The third-order valence-corrected chi connectivity index (χ3v) is 5.11. The first kappa shape index (κ1) is 17.4. The van der Waals surface area contributed by atoms with Crippen molar-refractivity contribution in [1.82, 2.24) is 14.3 Å². The summed E-state index contributed by atoms with van der Waals surface area (Å²) in [4.78, 5) is 31.0. The minimum Gasteiger partial charge on any atom is -0.388 e. The molecule has 1 aromatic carbocycles. The van der Waals surface area contributed by atoms with E-state index in [2.05, 4.69) is 4.98 Å². The van der Waals surface area contributed by atoms with Crippen molar-refractivity contribution in [2.75, 3.05) is 13.1 Å². The van der Waals surface area contributed by atoms with Crippen molar-refractivity contribution in [3.8, 4) is 0 Å². The number of hydrogen-bond acceptors (Lipinski definition) is 5. The number of aliphatic hydroxyl groups is 2. The number of β-amino-alcohol motifs (C(OH)–C–C–N with tert-alkyl or cyclic N) is 1. The minimum absolute atomic E-state index is 0.0592. The van der Waals surface area contributed by atoms with Gasteiger partial charge in [0.25, 0.3) is 11.5 Å². The summed E-state index contributed by atoms with van der Waals surface area (Å²) in [5.74, 6) is -0.500. The zero-order valence-electron chi connectivity index (χ0n) is 14.5. The number of carbonyl (C=O) groups excluding carboxylic acids is 1. The van der Waals surface area contributed by atoms with Gasteiger partial charge in [-0.15, -0.1) is 0 Å². The van der Waals surface area contributed by atoms with Crippen LogP contribution in [0.1, 0.15) is 22.3 Å². The Balaban J connectivity index is 1.60. The normalized spacial score (nSPS) is 22.7. The first-order chi connectivity index (χ1) is 13.0. The molecular formula is C20H19N3O4. The Morgan fingerprint density at radius 2 is 1.89 bits per heavy atom. The number of nitrogens with zero attached hydrogens (tertiary/aromatic N) is 3. The van der Waals surface area contributed by atoms with Crippen LogP contribution in [0.25, 0.3) is 5.65 Å². The predicted molar refractivity (Wildman–Crippen MR) is 98.3 cm³/mol. The number of aliphatic hydroxyl groups excluding tert-OH is 1. The quantitative estimate of drug-likeness (QED) is 0.700. The molecule has 2 atom stereocenters. The SMILES string of the molecule is O=C(c1cnc2ccccn2c1=O)N1CC[C@](O)(c2ccccc2)[C@@H](O)C1. The van der Waals surface area contributed by atoms with E-state index in [9.17, 15) is 19.8 Å². The van der Waals surface area contributed by atoms with Gasteiger partial charge in [0.1, 0.15) is 22.9 Å². The molecule has 7 nitrogen and oxygen atoms in total. The Labute approximate surface area is 155 Å². The molecule has 2 aromatic heterocycles. The molecule has 0 unspecified atom stereocenters. The van der Waals surface area contributed by atoms with E-state index in [1.54, 1.807) is 48.7 Å². The lowest BCUT2D eigenvalue weighted by atomic mass is 9.82. The fourth-order valence-corrected chi connectivity index (χ4v) is 3.51. The van der Waals surface area contributed by atoms with Crippen LogP contribution in [0.2, 0.25) is 0 Å². The van der Waals surface area contributed by atoms with Gasteiger partial charge >= 0.3 is 0 Å². The molecule has 2 N–H and O–H groups in total. The Morgan fingerprint density at radius 3 is 2.63 bits per heavy atom. The maximum absolute atomic E-state index is 12.8. The summed E-state index contributed by atoms with van der Waals surface area (Å²) in [7, 11) is 0. The predicted octanol–water partition coefficient (Wildman–Crippen LogP) is 0.789. The van der Waals surface area contributed by atoms with Crippen LogP contribution in [0.5, 0.6) is 0 Å². The topological polar surface area (TPSA) is 95.1 Å². The van der Waals surface area contributed by atoms with E-state index >= 15 is 0 Å². The molecule has 1 amide bonds. The molecular weight excluding hydrogens is 346 g/mol. The molecule has 1 fully saturated rings. The smallest absolute Gasteiger partial charge is 0.270 e. The summed E-state index contributed by atoms with van der Waals surface area (Å²) >= 11 is 0. The second-order valence-corrected chi connectivity index (χ2v) is 6.71. The van der Waals surface area contributed by atoms with Gasteiger partial charge < -0.3 is 15.1 Å². The van der Waals surface area contributed by atoms with Crippen molar-refractivity contribution >= 4 is 11.6 Å². The van der Waals surface area contributed by atoms with Crippen LogP contribution in [0.15, 0.2) is 65.7 Å². The average Bonchev–Trinajstić information content (AvgIpc) is 2.71. The van der Waals surface area contributed by atoms with Gasteiger partial charge in [0, 0.05) is 25.4 Å². The van der Waals surface area contributed by atoms with Crippen LogP contribution in [0, 0.1) is 0 Å². The number of benzene rings is 1. The molecule has 138 valence electrons. The first-order valence-electron chi connectivity index (χ1n) is 8.72. The maximum atomic E-state index is 12.8. The van der Waals surface area contributed by atoms with Gasteiger partial charge in [-0.25, -0.2) is 4.98 Å². The summed E-state index contributed by atoms with van der Waals surface area (Å²) in [5.41, 5.74) is -0.873. The molecule has 3 aromatic rings. The molecule has 3 heterocycles. The second kappa shape index (κ2) is 6.61. The molecule has 1 aliphatic heterocycles. The van der Waals surface area contributed by atoms with Gasteiger partial charge in [0.2, 0.25) is 0 Å². The second-order valence-electron chi connectivity index (χ2n) is 6.71. The van der Waals surface area contributed by atoms with Crippen molar-refractivity contribution in [3.05, 3.63) is 82.4 Å².